The summed E-state index contributed by atoms with van der Waals surface area (Å²) in [6.45, 7) is 2.19. The molecule has 1 saturated carbocycles. The van der Waals surface area contributed by atoms with Crippen molar-refractivity contribution in [3.05, 3.63) is 34.9 Å². The van der Waals surface area contributed by atoms with Crippen molar-refractivity contribution in [3.63, 3.8) is 0 Å². The van der Waals surface area contributed by atoms with Crippen LogP contribution in [0.5, 0.6) is 0 Å². The van der Waals surface area contributed by atoms with Crippen LogP contribution < -0.4 is 0 Å². The molecular weight excluding hydrogens is 312 g/mol. The van der Waals surface area contributed by atoms with Crippen molar-refractivity contribution < 1.29 is 14.7 Å². The van der Waals surface area contributed by atoms with E-state index in [4.69, 9.17) is 0 Å². The zero-order valence-electron chi connectivity index (χ0n) is 15.3. The molecule has 0 saturated heterocycles. The number of benzene rings is 1. The van der Waals surface area contributed by atoms with Gasteiger partial charge in [0.25, 0.3) is 0 Å². The number of Topliss-reactive ketones (excluding diaryl/α,β-unsaturated/α-hetero) is 2. The van der Waals surface area contributed by atoms with E-state index in [0.29, 0.717) is 12.8 Å². The first-order chi connectivity index (χ1) is 12.1. The van der Waals surface area contributed by atoms with Gasteiger partial charge in [-0.25, -0.2) is 0 Å². The first-order valence-electron chi connectivity index (χ1n) is 9.96. The molecule has 3 heteroatoms. The lowest BCUT2D eigenvalue weighted by atomic mass is 9.84. The van der Waals surface area contributed by atoms with Gasteiger partial charge >= 0.3 is 0 Å². The van der Waals surface area contributed by atoms with Crippen molar-refractivity contribution >= 4 is 11.6 Å². The summed E-state index contributed by atoms with van der Waals surface area (Å²) in [6, 6.07) is 5.99. The molecule has 0 radical (unpaired) electrons. The molecule has 2 aliphatic carbocycles. The fourth-order valence-corrected chi connectivity index (χ4v) is 4.70. The van der Waals surface area contributed by atoms with Gasteiger partial charge in [0.05, 0.1) is 6.10 Å². The molecule has 1 N–H and O–H groups in total. The first kappa shape index (κ1) is 18.3. The average molecular weight is 342 g/mol. The van der Waals surface area contributed by atoms with Gasteiger partial charge in [-0.1, -0.05) is 50.8 Å². The second-order valence-electron chi connectivity index (χ2n) is 7.76. The van der Waals surface area contributed by atoms with Crippen molar-refractivity contribution in [2.24, 2.45) is 11.8 Å². The van der Waals surface area contributed by atoms with Gasteiger partial charge in [-0.05, 0) is 42.7 Å². The van der Waals surface area contributed by atoms with E-state index < -0.39 is 6.10 Å². The Bertz CT molecular complexity index is 634. The second kappa shape index (κ2) is 8.27. The predicted molar refractivity (Wildman–Crippen MR) is 98.8 cm³/mol. The Labute approximate surface area is 150 Å². The zero-order valence-corrected chi connectivity index (χ0v) is 15.3. The zero-order chi connectivity index (χ0) is 17.8. The van der Waals surface area contributed by atoms with Gasteiger partial charge in [0.15, 0.2) is 5.78 Å². The Kier molecular flexibility index (Phi) is 6.06. The summed E-state index contributed by atoms with van der Waals surface area (Å²) in [6.07, 6.45) is 8.66. The lowest BCUT2D eigenvalue weighted by Gasteiger charge is -2.21. The molecule has 25 heavy (non-hydrogen) atoms. The highest BCUT2D eigenvalue weighted by atomic mass is 16.3. The number of fused-ring (bicyclic) bond motifs is 1. The van der Waals surface area contributed by atoms with Crippen LogP contribution in [-0.4, -0.2) is 22.8 Å². The average Bonchev–Trinajstić information content (AvgIpc) is 3.10. The molecule has 0 bridgehead atoms. The van der Waals surface area contributed by atoms with E-state index in [0.717, 1.165) is 37.7 Å². The third-order valence-corrected chi connectivity index (χ3v) is 6.13. The van der Waals surface area contributed by atoms with Gasteiger partial charge in [0.2, 0.25) is 0 Å². The van der Waals surface area contributed by atoms with Crippen LogP contribution in [0.2, 0.25) is 0 Å². The molecule has 0 aliphatic heterocycles. The third-order valence-electron chi connectivity index (χ3n) is 6.13. The van der Waals surface area contributed by atoms with E-state index >= 15 is 0 Å². The Morgan fingerprint density at radius 3 is 2.72 bits per heavy atom. The molecule has 3 rings (SSSR count). The monoisotopic (exact) mass is 342 g/mol. The topological polar surface area (TPSA) is 54.4 Å². The normalized spacial score (nSPS) is 25.6. The van der Waals surface area contributed by atoms with E-state index in [9.17, 15) is 14.7 Å². The number of aliphatic hydroxyl groups is 1. The highest BCUT2D eigenvalue weighted by Crippen LogP contribution is 2.37. The van der Waals surface area contributed by atoms with Gasteiger partial charge in [-0.2, -0.15) is 0 Å². The number of carbonyl (C=O) groups excluding carboxylic acids is 2. The lowest BCUT2D eigenvalue weighted by Crippen LogP contribution is -2.21. The van der Waals surface area contributed by atoms with Crippen LogP contribution in [0.25, 0.3) is 0 Å². The summed E-state index contributed by atoms with van der Waals surface area (Å²) in [4.78, 5) is 24.3. The van der Waals surface area contributed by atoms with Crippen LogP contribution in [0.15, 0.2) is 18.2 Å². The van der Waals surface area contributed by atoms with Gasteiger partial charge in [0.1, 0.15) is 5.78 Å². The fourth-order valence-electron chi connectivity index (χ4n) is 4.70. The molecule has 2 aliphatic rings. The third kappa shape index (κ3) is 4.03. The van der Waals surface area contributed by atoms with E-state index in [1.165, 1.54) is 30.4 Å². The number of hydrogen-bond donors (Lipinski definition) is 1. The van der Waals surface area contributed by atoms with Crippen LogP contribution in [-0.2, 0) is 17.6 Å². The molecule has 3 atom stereocenters. The summed E-state index contributed by atoms with van der Waals surface area (Å²) in [5, 5.41) is 10.3. The quantitative estimate of drug-likeness (QED) is 0.717. The van der Waals surface area contributed by atoms with Crippen molar-refractivity contribution in [2.75, 3.05) is 0 Å². The number of hydrogen-bond acceptors (Lipinski definition) is 3. The highest BCUT2D eigenvalue weighted by Gasteiger charge is 2.40. The van der Waals surface area contributed by atoms with E-state index in [-0.39, 0.29) is 23.4 Å². The molecular formula is C22H30O3. The molecule has 1 aromatic rings. The summed E-state index contributed by atoms with van der Waals surface area (Å²) in [5.74, 6) is 0.599. The predicted octanol–water partition coefficient (Wildman–Crippen LogP) is 4.28. The largest absolute Gasteiger partial charge is 0.392 e. The van der Waals surface area contributed by atoms with E-state index in [1.54, 1.807) is 0 Å². The maximum Gasteiger partial charge on any atom is 0.163 e. The smallest absolute Gasteiger partial charge is 0.163 e. The molecule has 0 aromatic heterocycles. The Balaban J connectivity index is 1.63. The number of ketones is 2. The van der Waals surface area contributed by atoms with Crippen LogP contribution in [0.3, 0.4) is 0 Å². The molecule has 0 spiro atoms. The van der Waals surface area contributed by atoms with Crippen molar-refractivity contribution in [3.8, 4) is 0 Å². The van der Waals surface area contributed by atoms with Gasteiger partial charge in [0, 0.05) is 24.3 Å². The van der Waals surface area contributed by atoms with Gasteiger partial charge < -0.3 is 5.11 Å². The molecule has 1 fully saturated rings. The fraction of sp³-hybridized carbons (Fsp3) is 0.636. The summed E-state index contributed by atoms with van der Waals surface area (Å²) in [7, 11) is 0. The minimum absolute atomic E-state index is 0.00964. The Hall–Kier alpha value is -1.48. The molecule has 3 nitrogen and oxygen atoms in total. The van der Waals surface area contributed by atoms with Gasteiger partial charge in [-0.15, -0.1) is 0 Å². The van der Waals surface area contributed by atoms with Crippen molar-refractivity contribution in [2.45, 2.75) is 77.2 Å². The molecule has 0 amide bonds. The molecule has 136 valence electrons. The number of aliphatic hydroxyl groups excluding tert-OH is 1. The first-order valence-corrected chi connectivity index (χ1v) is 9.96. The van der Waals surface area contributed by atoms with E-state index in [2.05, 4.69) is 13.0 Å². The van der Waals surface area contributed by atoms with E-state index in [1.807, 2.05) is 12.1 Å². The Morgan fingerprint density at radius 1 is 1.08 bits per heavy atom. The van der Waals surface area contributed by atoms with Crippen molar-refractivity contribution in [1.29, 1.82) is 0 Å². The molecule has 1 aromatic carbocycles. The van der Waals surface area contributed by atoms with Crippen LogP contribution in [0.4, 0.5) is 0 Å². The lowest BCUT2D eigenvalue weighted by molar-refractivity contribution is -0.121. The SMILES string of the molecule is CCCCCC[C@H]1C(O)CC(=O)[C@@H]1CCc1cccc2c1CCC2=O. The minimum atomic E-state index is -0.456. The number of rotatable bonds is 8. The summed E-state index contributed by atoms with van der Waals surface area (Å²) >= 11 is 0. The van der Waals surface area contributed by atoms with Crippen LogP contribution >= 0.6 is 0 Å². The van der Waals surface area contributed by atoms with Crippen LogP contribution in [0.1, 0.15) is 79.8 Å². The molecule has 1 unspecified atom stereocenters. The minimum Gasteiger partial charge on any atom is -0.392 e. The van der Waals surface area contributed by atoms with Crippen molar-refractivity contribution in [1.82, 2.24) is 0 Å². The number of unbranched alkanes of at least 4 members (excludes halogenated alkanes) is 3. The maximum atomic E-state index is 12.4. The Morgan fingerprint density at radius 2 is 1.92 bits per heavy atom. The molecule has 0 heterocycles. The van der Waals surface area contributed by atoms with Crippen LogP contribution in [0, 0.1) is 11.8 Å². The highest BCUT2D eigenvalue weighted by molar-refractivity contribution is 6.00. The maximum absolute atomic E-state index is 12.4. The number of aryl methyl sites for hydroxylation is 1. The second-order valence-corrected chi connectivity index (χ2v) is 7.76. The standard InChI is InChI=1S/C22H30O3/c1-2-3-4-5-8-18-19(22(25)14-21(18)24)11-10-15-7-6-9-17-16(15)12-13-20(17)23/h6-7,9,18-19,21,24H,2-5,8,10-14H2,1H3/t18-,19-,21?/m1/s1. The summed E-state index contributed by atoms with van der Waals surface area (Å²) < 4.78 is 0. The van der Waals surface area contributed by atoms with Gasteiger partial charge in [-0.3, -0.25) is 9.59 Å². The summed E-state index contributed by atoms with van der Waals surface area (Å²) in [5.41, 5.74) is 3.30. The number of carbonyl (C=O) groups is 2.